The number of fused-ring (bicyclic) bond motifs is 1. The second-order valence-corrected chi connectivity index (χ2v) is 6.99. The fraction of sp³-hybridized carbons (Fsp3) is 0.667. The molecule has 0 saturated carbocycles. The molecule has 0 spiro atoms. The van der Waals surface area contributed by atoms with Gasteiger partial charge in [-0.3, -0.25) is 0 Å². The Bertz CT molecular complexity index is 453. The Hall–Kier alpha value is -0.620. The molecule has 0 unspecified atom stereocenters. The Labute approximate surface area is 119 Å². The van der Waals surface area contributed by atoms with E-state index < -0.39 is 5.60 Å². The normalized spacial score (nSPS) is 15.4. The van der Waals surface area contributed by atoms with Crippen LogP contribution in [0.25, 0.3) is 0 Å². The summed E-state index contributed by atoms with van der Waals surface area (Å²) >= 11 is 5.08. The van der Waals surface area contributed by atoms with Crippen molar-refractivity contribution in [2.75, 3.05) is 6.54 Å². The van der Waals surface area contributed by atoms with Crippen LogP contribution in [-0.2, 0) is 23.0 Å². The fourth-order valence-corrected chi connectivity index (χ4v) is 3.24. The summed E-state index contributed by atoms with van der Waals surface area (Å²) < 4.78 is 5.39. The van der Waals surface area contributed by atoms with Crippen LogP contribution in [-0.4, -0.2) is 28.1 Å². The molecule has 1 amide bonds. The van der Waals surface area contributed by atoms with E-state index in [0.29, 0.717) is 13.1 Å². The van der Waals surface area contributed by atoms with Crippen molar-refractivity contribution in [3.05, 3.63) is 15.6 Å². The topological polar surface area (TPSA) is 42.4 Å². The molecular weight excluding hydrogens is 316 g/mol. The molecule has 0 radical (unpaired) electrons. The zero-order valence-electron chi connectivity index (χ0n) is 10.8. The lowest BCUT2D eigenvalue weighted by Crippen LogP contribution is -2.39. The van der Waals surface area contributed by atoms with Crippen LogP contribution in [0.3, 0.4) is 0 Å². The van der Waals surface area contributed by atoms with E-state index in [9.17, 15) is 4.79 Å². The Morgan fingerprint density at radius 2 is 2.28 bits per heavy atom. The van der Waals surface area contributed by atoms with Crippen LogP contribution in [0.5, 0.6) is 0 Å². The molecule has 2 heterocycles. The van der Waals surface area contributed by atoms with E-state index >= 15 is 0 Å². The molecule has 1 aromatic rings. The predicted molar refractivity (Wildman–Crippen MR) is 75.1 cm³/mol. The summed E-state index contributed by atoms with van der Waals surface area (Å²) in [5.41, 5.74) is 0.695. The van der Waals surface area contributed by atoms with Gasteiger partial charge < -0.3 is 9.64 Å². The van der Waals surface area contributed by atoms with Gasteiger partial charge in [-0.15, -0.1) is 11.3 Å². The van der Waals surface area contributed by atoms with Gasteiger partial charge in [0.05, 0.1) is 17.6 Å². The van der Waals surface area contributed by atoms with Crippen molar-refractivity contribution >= 4 is 33.4 Å². The number of thiazole rings is 1. The second-order valence-electron chi connectivity index (χ2n) is 5.26. The number of alkyl halides is 1. The summed E-state index contributed by atoms with van der Waals surface area (Å²) in [5.74, 6) is 0. The number of carbonyl (C=O) groups excluding carboxylic acids is 1. The molecule has 1 aromatic heterocycles. The summed E-state index contributed by atoms with van der Waals surface area (Å²) in [6, 6.07) is 0. The molecule has 0 fully saturated rings. The van der Waals surface area contributed by atoms with Gasteiger partial charge in [0.2, 0.25) is 0 Å². The number of hydrogen-bond acceptors (Lipinski definition) is 4. The quantitative estimate of drug-likeness (QED) is 0.741. The molecule has 1 aliphatic rings. The molecule has 2 rings (SSSR count). The lowest BCUT2D eigenvalue weighted by Gasteiger charge is -2.29. The third-order valence-electron chi connectivity index (χ3n) is 2.54. The van der Waals surface area contributed by atoms with Crippen molar-refractivity contribution < 1.29 is 9.53 Å². The maximum atomic E-state index is 12.0. The van der Waals surface area contributed by atoms with Gasteiger partial charge in [-0.2, -0.15) is 0 Å². The minimum absolute atomic E-state index is 0.234. The van der Waals surface area contributed by atoms with Gasteiger partial charge in [-0.1, -0.05) is 15.9 Å². The molecule has 0 aromatic carbocycles. The van der Waals surface area contributed by atoms with Gasteiger partial charge in [-0.05, 0) is 20.8 Å². The highest BCUT2D eigenvalue weighted by molar-refractivity contribution is 9.08. The standard InChI is InChI=1S/C12H17BrN2O2S/c1-12(2,3)17-11(16)15-5-4-8-9(7-15)18-10(6-13)14-8/h4-7H2,1-3H3. The van der Waals surface area contributed by atoms with Crippen LogP contribution in [0.15, 0.2) is 0 Å². The van der Waals surface area contributed by atoms with Crippen molar-refractivity contribution in [1.82, 2.24) is 9.88 Å². The van der Waals surface area contributed by atoms with E-state index in [1.54, 1.807) is 16.2 Å². The van der Waals surface area contributed by atoms with Crippen LogP contribution in [0.4, 0.5) is 4.79 Å². The zero-order chi connectivity index (χ0) is 13.3. The van der Waals surface area contributed by atoms with Crippen molar-refractivity contribution in [2.45, 2.75) is 44.7 Å². The van der Waals surface area contributed by atoms with E-state index in [1.165, 1.54) is 4.88 Å². The van der Waals surface area contributed by atoms with E-state index in [0.717, 1.165) is 22.5 Å². The van der Waals surface area contributed by atoms with Crippen LogP contribution in [0.1, 0.15) is 36.3 Å². The lowest BCUT2D eigenvalue weighted by atomic mass is 10.2. The van der Waals surface area contributed by atoms with Crippen molar-refractivity contribution in [3.8, 4) is 0 Å². The average Bonchev–Trinajstić information content (AvgIpc) is 2.68. The largest absolute Gasteiger partial charge is 0.444 e. The van der Waals surface area contributed by atoms with Gasteiger partial charge in [-0.25, -0.2) is 9.78 Å². The molecule has 0 N–H and O–H groups in total. The predicted octanol–water partition coefficient (Wildman–Crippen LogP) is 3.33. The first-order valence-electron chi connectivity index (χ1n) is 5.90. The molecule has 1 aliphatic heterocycles. The summed E-state index contributed by atoms with van der Waals surface area (Å²) in [7, 11) is 0. The summed E-state index contributed by atoms with van der Waals surface area (Å²) in [5, 5.41) is 1.85. The first kappa shape index (κ1) is 13.8. The maximum Gasteiger partial charge on any atom is 0.410 e. The molecular formula is C12H17BrN2O2S. The van der Waals surface area contributed by atoms with Crippen LogP contribution < -0.4 is 0 Å². The van der Waals surface area contributed by atoms with E-state index in [1.807, 2.05) is 20.8 Å². The summed E-state index contributed by atoms with van der Waals surface area (Å²) in [6.07, 6.45) is 0.583. The Balaban J connectivity index is 2.05. The third-order valence-corrected chi connectivity index (χ3v) is 4.53. The minimum atomic E-state index is -0.438. The number of hydrogen-bond donors (Lipinski definition) is 0. The molecule has 6 heteroatoms. The number of rotatable bonds is 1. The van der Waals surface area contributed by atoms with Crippen molar-refractivity contribution in [2.24, 2.45) is 0 Å². The lowest BCUT2D eigenvalue weighted by molar-refractivity contribution is 0.0225. The third kappa shape index (κ3) is 3.23. The Morgan fingerprint density at radius 1 is 1.56 bits per heavy atom. The van der Waals surface area contributed by atoms with E-state index in [2.05, 4.69) is 20.9 Å². The summed E-state index contributed by atoms with van der Waals surface area (Å²) in [4.78, 5) is 19.4. The van der Waals surface area contributed by atoms with Gasteiger partial charge >= 0.3 is 6.09 Å². The number of amides is 1. The number of aromatic nitrogens is 1. The van der Waals surface area contributed by atoms with Crippen molar-refractivity contribution in [3.63, 3.8) is 0 Å². The van der Waals surface area contributed by atoms with Crippen LogP contribution in [0.2, 0.25) is 0 Å². The molecule has 4 nitrogen and oxygen atoms in total. The first-order valence-corrected chi connectivity index (χ1v) is 7.84. The van der Waals surface area contributed by atoms with Gasteiger partial charge in [0.15, 0.2) is 0 Å². The van der Waals surface area contributed by atoms with Crippen LogP contribution in [0, 0.1) is 0 Å². The Morgan fingerprint density at radius 3 is 2.89 bits per heavy atom. The van der Waals surface area contributed by atoms with E-state index in [4.69, 9.17) is 4.74 Å². The molecule has 0 aliphatic carbocycles. The SMILES string of the molecule is CC(C)(C)OC(=O)N1CCc2nc(CBr)sc2C1. The smallest absolute Gasteiger partial charge is 0.410 e. The second kappa shape index (κ2) is 5.17. The average molecular weight is 333 g/mol. The fourth-order valence-electron chi connectivity index (χ4n) is 1.79. The molecule has 18 heavy (non-hydrogen) atoms. The first-order chi connectivity index (χ1) is 8.39. The number of ether oxygens (including phenoxy) is 1. The molecule has 0 bridgehead atoms. The summed E-state index contributed by atoms with van der Waals surface area (Å²) in [6.45, 7) is 6.96. The molecule has 0 atom stereocenters. The molecule has 100 valence electrons. The van der Waals surface area contributed by atoms with Gasteiger partial charge in [0.25, 0.3) is 0 Å². The number of nitrogens with zero attached hydrogens (tertiary/aromatic N) is 2. The maximum absolute atomic E-state index is 12.0. The highest BCUT2D eigenvalue weighted by Gasteiger charge is 2.27. The number of carbonyl (C=O) groups is 1. The zero-order valence-corrected chi connectivity index (χ0v) is 13.2. The highest BCUT2D eigenvalue weighted by Crippen LogP contribution is 2.27. The Kier molecular flexibility index (Phi) is 3.96. The van der Waals surface area contributed by atoms with Crippen LogP contribution >= 0.6 is 27.3 Å². The van der Waals surface area contributed by atoms with Gasteiger partial charge in [0.1, 0.15) is 10.6 Å². The van der Waals surface area contributed by atoms with E-state index in [-0.39, 0.29) is 6.09 Å². The number of halogens is 1. The molecule has 0 saturated heterocycles. The van der Waals surface area contributed by atoms with Gasteiger partial charge in [0, 0.05) is 17.8 Å². The monoisotopic (exact) mass is 332 g/mol. The minimum Gasteiger partial charge on any atom is -0.444 e. The van der Waals surface area contributed by atoms with Crippen molar-refractivity contribution in [1.29, 1.82) is 0 Å². The highest BCUT2D eigenvalue weighted by atomic mass is 79.9.